The van der Waals surface area contributed by atoms with Gasteiger partial charge in [0.05, 0.1) is 21.3 Å². The summed E-state index contributed by atoms with van der Waals surface area (Å²) in [6.07, 6.45) is -4.79. The first kappa shape index (κ1) is 17.4. The van der Waals surface area contributed by atoms with Gasteiger partial charge in [-0.3, -0.25) is 10.1 Å². The summed E-state index contributed by atoms with van der Waals surface area (Å²) in [5, 5.41) is 12.0. The van der Waals surface area contributed by atoms with Crippen molar-refractivity contribution in [1.29, 1.82) is 0 Å². The molecule has 0 aliphatic heterocycles. The van der Waals surface area contributed by atoms with Gasteiger partial charge in [-0.1, -0.05) is 22.9 Å². The van der Waals surface area contributed by atoms with E-state index in [-0.39, 0.29) is 26.2 Å². The van der Waals surface area contributed by atoms with Crippen LogP contribution in [0.3, 0.4) is 0 Å². The van der Waals surface area contributed by atoms with E-state index >= 15 is 0 Å². The second-order valence-electron chi connectivity index (χ2n) is 4.93. The Hall–Kier alpha value is -2.39. The molecule has 3 rings (SSSR count). The number of rotatable bonds is 2. The van der Waals surface area contributed by atoms with Crippen molar-refractivity contribution < 1.29 is 27.5 Å². The second-order valence-corrected chi connectivity index (χ2v) is 6.40. The van der Waals surface area contributed by atoms with Crippen LogP contribution in [0.5, 0.6) is 5.75 Å². The standard InChI is InChI=1S/C15H7ClF4N2O2S/c16-6-1-2-10(23)8(3-6)13(24)22-14-21-12-9(15(18,19)20)4-7(17)5-11(12)25-14/h1-5,23H,(H,21,22,24). The van der Waals surface area contributed by atoms with Gasteiger partial charge in [-0.05, 0) is 30.3 Å². The third-order valence-corrected chi connectivity index (χ3v) is 4.34. The number of phenolic OH excluding ortho intramolecular Hbond substituents is 1. The number of aromatic nitrogens is 1. The van der Waals surface area contributed by atoms with E-state index in [0.29, 0.717) is 17.4 Å². The highest BCUT2D eigenvalue weighted by Gasteiger charge is 2.35. The third-order valence-electron chi connectivity index (χ3n) is 3.19. The molecule has 1 aromatic heterocycles. The van der Waals surface area contributed by atoms with Gasteiger partial charge in [0.15, 0.2) is 5.13 Å². The summed E-state index contributed by atoms with van der Waals surface area (Å²) in [4.78, 5) is 15.9. The normalized spacial score (nSPS) is 11.7. The number of benzene rings is 2. The van der Waals surface area contributed by atoms with E-state index in [1.165, 1.54) is 18.2 Å². The van der Waals surface area contributed by atoms with Crippen molar-refractivity contribution in [1.82, 2.24) is 4.98 Å². The Morgan fingerprint density at radius 2 is 1.96 bits per heavy atom. The molecule has 0 atom stereocenters. The molecule has 130 valence electrons. The van der Waals surface area contributed by atoms with Gasteiger partial charge in [0, 0.05) is 5.02 Å². The van der Waals surface area contributed by atoms with Crippen LogP contribution >= 0.6 is 22.9 Å². The molecule has 0 radical (unpaired) electrons. The smallest absolute Gasteiger partial charge is 0.418 e. The highest BCUT2D eigenvalue weighted by Crippen LogP contribution is 2.38. The van der Waals surface area contributed by atoms with E-state index < -0.39 is 29.0 Å². The van der Waals surface area contributed by atoms with Crippen molar-refractivity contribution in [2.45, 2.75) is 6.18 Å². The first-order valence-corrected chi connectivity index (χ1v) is 7.82. The zero-order chi connectivity index (χ0) is 18.4. The molecule has 2 N–H and O–H groups in total. The molecular weight excluding hydrogens is 384 g/mol. The number of carbonyl (C=O) groups excluding carboxylic acids is 1. The molecule has 25 heavy (non-hydrogen) atoms. The fraction of sp³-hybridized carbons (Fsp3) is 0.0667. The molecule has 1 heterocycles. The fourth-order valence-electron chi connectivity index (χ4n) is 2.12. The van der Waals surface area contributed by atoms with E-state index in [2.05, 4.69) is 10.3 Å². The molecule has 0 fully saturated rings. The highest BCUT2D eigenvalue weighted by atomic mass is 35.5. The Kier molecular flexibility index (Phi) is 4.29. The average molecular weight is 391 g/mol. The highest BCUT2D eigenvalue weighted by molar-refractivity contribution is 7.22. The Morgan fingerprint density at radius 3 is 2.64 bits per heavy atom. The van der Waals surface area contributed by atoms with E-state index in [0.717, 1.165) is 6.07 Å². The van der Waals surface area contributed by atoms with Crippen molar-refractivity contribution in [2.75, 3.05) is 5.32 Å². The number of hydrogen-bond acceptors (Lipinski definition) is 4. The van der Waals surface area contributed by atoms with E-state index in [1.807, 2.05) is 0 Å². The van der Waals surface area contributed by atoms with Gasteiger partial charge in [-0.2, -0.15) is 13.2 Å². The Labute approximate surface area is 146 Å². The molecule has 0 spiro atoms. The van der Waals surface area contributed by atoms with Crippen LogP contribution in [0.1, 0.15) is 15.9 Å². The Balaban J connectivity index is 2.00. The maximum absolute atomic E-state index is 13.4. The molecule has 4 nitrogen and oxygen atoms in total. The van der Waals surface area contributed by atoms with Crippen LogP contribution in [0.25, 0.3) is 10.2 Å². The SMILES string of the molecule is O=C(Nc1nc2c(C(F)(F)F)cc(F)cc2s1)c1cc(Cl)ccc1O. The maximum Gasteiger partial charge on any atom is 0.418 e. The lowest BCUT2D eigenvalue weighted by atomic mass is 10.2. The van der Waals surface area contributed by atoms with Gasteiger partial charge in [-0.15, -0.1) is 0 Å². The molecule has 0 saturated heterocycles. The van der Waals surface area contributed by atoms with Gasteiger partial charge in [0.2, 0.25) is 0 Å². The predicted octanol–water partition coefficient (Wildman–Crippen LogP) is 5.07. The van der Waals surface area contributed by atoms with Crippen molar-refractivity contribution in [3.05, 3.63) is 52.3 Å². The van der Waals surface area contributed by atoms with Crippen LogP contribution in [0.2, 0.25) is 5.02 Å². The molecule has 0 saturated carbocycles. The van der Waals surface area contributed by atoms with E-state index in [1.54, 1.807) is 0 Å². The summed E-state index contributed by atoms with van der Waals surface area (Å²) >= 11 is 6.42. The number of nitrogens with zero attached hydrogens (tertiary/aromatic N) is 1. The summed E-state index contributed by atoms with van der Waals surface area (Å²) in [7, 11) is 0. The summed E-state index contributed by atoms with van der Waals surface area (Å²) < 4.78 is 52.3. The van der Waals surface area contributed by atoms with Gasteiger partial charge in [-0.25, -0.2) is 9.37 Å². The van der Waals surface area contributed by atoms with Crippen LogP contribution in [0.15, 0.2) is 30.3 Å². The number of aromatic hydroxyl groups is 1. The minimum atomic E-state index is -4.79. The molecule has 0 bridgehead atoms. The van der Waals surface area contributed by atoms with Crippen LogP contribution in [0, 0.1) is 5.82 Å². The fourth-order valence-corrected chi connectivity index (χ4v) is 3.20. The van der Waals surface area contributed by atoms with Gasteiger partial charge in [0.25, 0.3) is 5.91 Å². The number of amides is 1. The number of alkyl halides is 3. The van der Waals surface area contributed by atoms with Crippen LogP contribution < -0.4 is 5.32 Å². The number of hydrogen-bond donors (Lipinski definition) is 2. The molecule has 0 aliphatic carbocycles. The lowest BCUT2D eigenvalue weighted by Gasteiger charge is -2.07. The lowest BCUT2D eigenvalue weighted by molar-refractivity contribution is -0.136. The largest absolute Gasteiger partial charge is 0.507 e. The first-order valence-electron chi connectivity index (χ1n) is 6.62. The molecule has 0 aliphatic rings. The number of carbonyl (C=O) groups is 1. The number of nitrogens with one attached hydrogen (secondary N) is 1. The summed E-state index contributed by atoms with van der Waals surface area (Å²) in [5.41, 5.74) is -1.87. The summed E-state index contributed by atoms with van der Waals surface area (Å²) in [5.74, 6) is -2.23. The van der Waals surface area contributed by atoms with E-state index in [4.69, 9.17) is 11.6 Å². The van der Waals surface area contributed by atoms with Gasteiger partial charge < -0.3 is 5.11 Å². The molecule has 0 unspecified atom stereocenters. The van der Waals surface area contributed by atoms with Crippen LogP contribution in [0.4, 0.5) is 22.7 Å². The zero-order valence-electron chi connectivity index (χ0n) is 12.0. The Morgan fingerprint density at radius 1 is 1.24 bits per heavy atom. The van der Waals surface area contributed by atoms with E-state index in [9.17, 15) is 27.5 Å². The average Bonchev–Trinajstić information content (AvgIpc) is 2.89. The van der Waals surface area contributed by atoms with Gasteiger partial charge in [0.1, 0.15) is 11.6 Å². The predicted molar refractivity (Wildman–Crippen MR) is 85.6 cm³/mol. The molecular formula is C15H7ClF4N2O2S. The lowest BCUT2D eigenvalue weighted by Crippen LogP contribution is -2.12. The molecule has 10 heteroatoms. The topological polar surface area (TPSA) is 62.2 Å². The number of fused-ring (bicyclic) bond motifs is 1. The molecule has 2 aromatic carbocycles. The third kappa shape index (κ3) is 3.52. The van der Waals surface area contributed by atoms with Crippen LogP contribution in [-0.2, 0) is 6.18 Å². The zero-order valence-corrected chi connectivity index (χ0v) is 13.6. The number of phenols is 1. The molecule has 3 aromatic rings. The summed E-state index contributed by atoms with van der Waals surface area (Å²) in [6, 6.07) is 5.00. The second kappa shape index (κ2) is 6.16. The number of halogens is 5. The van der Waals surface area contributed by atoms with Crippen LogP contribution in [-0.4, -0.2) is 16.0 Å². The maximum atomic E-state index is 13.4. The molecule has 1 amide bonds. The van der Waals surface area contributed by atoms with Crippen molar-refractivity contribution in [3.8, 4) is 5.75 Å². The van der Waals surface area contributed by atoms with Crippen molar-refractivity contribution in [3.63, 3.8) is 0 Å². The monoisotopic (exact) mass is 390 g/mol. The Bertz CT molecular complexity index is 988. The quantitative estimate of drug-likeness (QED) is 0.601. The first-order chi connectivity index (χ1) is 11.6. The van der Waals surface area contributed by atoms with Gasteiger partial charge >= 0.3 is 6.18 Å². The minimum Gasteiger partial charge on any atom is -0.507 e. The number of thiazole rings is 1. The number of anilines is 1. The van der Waals surface area contributed by atoms with Crippen molar-refractivity contribution >= 4 is 44.2 Å². The summed E-state index contributed by atoms with van der Waals surface area (Å²) in [6.45, 7) is 0. The minimum absolute atomic E-state index is 0.0714. The van der Waals surface area contributed by atoms with Crippen molar-refractivity contribution in [2.24, 2.45) is 0 Å².